The zero-order chi connectivity index (χ0) is 19.1. The van der Waals surface area contributed by atoms with Gasteiger partial charge in [-0.2, -0.15) is 0 Å². The fourth-order valence-corrected chi connectivity index (χ4v) is 4.63. The summed E-state index contributed by atoms with van der Waals surface area (Å²) in [5.74, 6) is 0.114. The van der Waals surface area contributed by atoms with E-state index in [2.05, 4.69) is 22.0 Å². The van der Waals surface area contributed by atoms with Crippen molar-refractivity contribution in [1.82, 2.24) is 4.72 Å². The zero-order valence-electron chi connectivity index (χ0n) is 15.5. The van der Waals surface area contributed by atoms with Gasteiger partial charge in [-0.15, -0.1) is 0 Å². The van der Waals surface area contributed by atoms with Crippen LogP contribution in [-0.4, -0.2) is 32.0 Å². The minimum Gasteiger partial charge on any atom is -0.390 e. The third kappa shape index (κ3) is 5.91. The Morgan fingerprint density at radius 1 is 1.07 bits per heavy atom. The first-order chi connectivity index (χ1) is 13.1. The van der Waals surface area contributed by atoms with E-state index < -0.39 is 10.0 Å². The molecular weight excluding hydrogens is 360 g/mol. The van der Waals surface area contributed by atoms with Gasteiger partial charge in [0.05, 0.1) is 17.5 Å². The van der Waals surface area contributed by atoms with E-state index in [-0.39, 0.29) is 17.9 Å². The summed E-state index contributed by atoms with van der Waals surface area (Å²) < 4.78 is 27.6. The maximum Gasteiger partial charge on any atom is 0.211 e. The molecule has 0 spiro atoms. The molecule has 0 fully saturated rings. The molecular formula is C21H26N2O3S. The molecule has 0 radical (unpaired) electrons. The van der Waals surface area contributed by atoms with Crippen LogP contribution in [0.5, 0.6) is 0 Å². The lowest BCUT2D eigenvalue weighted by atomic mass is 9.97. The average molecular weight is 387 g/mol. The van der Waals surface area contributed by atoms with Gasteiger partial charge in [-0.3, -0.25) is 0 Å². The summed E-state index contributed by atoms with van der Waals surface area (Å²) in [6.45, 7) is 1.86. The molecule has 0 aromatic heterocycles. The Hall–Kier alpha value is -2.18. The molecule has 2 aromatic carbocycles. The second-order valence-electron chi connectivity index (χ2n) is 6.90. The molecule has 5 nitrogen and oxygen atoms in total. The third-order valence-corrected chi connectivity index (χ3v) is 6.16. The second kappa shape index (κ2) is 9.15. The fourth-order valence-electron chi connectivity index (χ4n) is 3.28. The van der Waals surface area contributed by atoms with E-state index in [0.29, 0.717) is 19.3 Å². The predicted molar refractivity (Wildman–Crippen MR) is 108 cm³/mol. The number of sulfonamides is 1. The van der Waals surface area contributed by atoms with E-state index in [1.165, 1.54) is 5.56 Å². The van der Waals surface area contributed by atoms with Crippen LogP contribution in [0, 0.1) is 0 Å². The van der Waals surface area contributed by atoms with Gasteiger partial charge in [0.1, 0.15) is 6.10 Å². The third-order valence-electron chi connectivity index (χ3n) is 4.56. The van der Waals surface area contributed by atoms with Crippen molar-refractivity contribution in [2.45, 2.75) is 44.8 Å². The van der Waals surface area contributed by atoms with Crippen LogP contribution in [0.3, 0.4) is 0 Å². The van der Waals surface area contributed by atoms with Gasteiger partial charge in [-0.1, -0.05) is 72.7 Å². The molecule has 0 bridgehead atoms. The van der Waals surface area contributed by atoms with Gasteiger partial charge in [-0.05, 0) is 24.0 Å². The molecule has 0 amide bonds. The molecule has 6 heteroatoms. The SMILES string of the molecule is CCCS(=O)(=O)NC(Cc1ccccc1)C1CC(Cc2ccccc2)=NO1. The smallest absolute Gasteiger partial charge is 0.211 e. The number of oxime groups is 1. The van der Waals surface area contributed by atoms with Crippen molar-refractivity contribution in [1.29, 1.82) is 0 Å². The maximum absolute atomic E-state index is 12.4. The van der Waals surface area contributed by atoms with E-state index in [1.807, 2.05) is 55.5 Å². The van der Waals surface area contributed by atoms with Crippen LogP contribution in [0.2, 0.25) is 0 Å². The number of rotatable bonds is 9. The van der Waals surface area contributed by atoms with Crippen molar-refractivity contribution in [3.05, 3.63) is 71.8 Å². The van der Waals surface area contributed by atoms with Gasteiger partial charge in [0, 0.05) is 12.8 Å². The summed E-state index contributed by atoms with van der Waals surface area (Å²) in [7, 11) is -3.35. The van der Waals surface area contributed by atoms with E-state index in [1.54, 1.807) is 0 Å². The van der Waals surface area contributed by atoms with E-state index in [9.17, 15) is 8.42 Å². The van der Waals surface area contributed by atoms with Crippen LogP contribution in [0.1, 0.15) is 30.9 Å². The molecule has 0 saturated heterocycles. The Balaban J connectivity index is 1.69. The molecule has 144 valence electrons. The highest BCUT2D eigenvalue weighted by atomic mass is 32.2. The molecule has 2 aromatic rings. The van der Waals surface area contributed by atoms with Crippen LogP contribution in [0.25, 0.3) is 0 Å². The Labute approximate surface area is 161 Å². The Morgan fingerprint density at radius 3 is 2.33 bits per heavy atom. The summed E-state index contributed by atoms with van der Waals surface area (Å²) in [5, 5.41) is 4.23. The molecule has 0 saturated carbocycles. The highest BCUT2D eigenvalue weighted by Crippen LogP contribution is 2.20. The fraction of sp³-hybridized carbons (Fsp3) is 0.381. The van der Waals surface area contributed by atoms with Crippen LogP contribution in [-0.2, 0) is 27.7 Å². The normalized spacial score (nSPS) is 18.0. The number of hydrogen-bond acceptors (Lipinski definition) is 4. The molecule has 1 N–H and O–H groups in total. The van der Waals surface area contributed by atoms with Gasteiger partial charge in [0.25, 0.3) is 0 Å². The molecule has 1 aliphatic rings. The molecule has 27 heavy (non-hydrogen) atoms. The first-order valence-electron chi connectivity index (χ1n) is 9.35. The molecule has 2 atom stereocenters. The highest BCUT2D eigenvalue weighted by molar-refractivity contribution is 7.89. The van der Waals surface area contributed by atoms with Crippen molar-refractivity contribution >= 4 is 15.7 Å². The standard InChI is InChI=1S/C21H26N2O3S/c1-2-13-27(24,25)23-20(15-18-11-7-4-8-12-18)21-16-19(22-26-21)14-17-9-5-3-6-10-17/h3-12,20-21,23H,2,13-16H2,1H3. The number of nitrogens with one attached hydrogen (secondary N) is 1. The van der Waals surface area contributed by atoms with Crippen molar-refractivity contribution in [3.63, 3.8) is 0 Å². The lowest BCUT2D eigenvalue weighted by Crippen LogP contribution is -2.45. The minimum atomic E-state index is -3.35. The van der Waals surface area contributed by atoms with Crippen LogP contribution in [0.4, 0.5) is 0 Å². The largest absolute Gasteiger partial charge is 0.390 e. The molecule has 2 unspecified atom stereocenters. The first-order valence-corrected chi connectivity index (χ1v) is 11.0. The quantitative estimate of drug-likeness (QED) is 0.719. The molecule has 1 heterocycles. The van der Waals surface area contributed by atoms with Gasteiger partial charge in [0.2, 0.25) is 10.0 Å². The lowest BCUT2D eigenvalue weighted by molar-refractivity contribution is 0.0615. The first kappa shape index (κ1) is 19.6. The summed E-state index contributed by atoms with van der Waals surface area (Å²) in [6.07, 6.45) is 2.20. The van der Waals surface area contributed by atoms with Gasteiger partial charge in [-0.25, -0.2) is 13.1 Å². The second-order valence-corrected chi connectivity index (χ2v) is 8.77. The van der Waals surface area contributed by atoms with E-state index in [4.69, 9.17) is 4.84 Å². The highest BCUT2D eigenvalue weighted by Gasteiger charge is 2.32. The molecule has 1 aliphatic heterocycles. The number of benzene rings is 2. The zero-order valence-corrected chi connectivity index (χ0v) is 16.4. The Morgan fingerprint density at radius 2 is 1.70 bits per heavy atom. The Kier molecular flexibility index (Phi) is 6.63. The molecule has 3 rings (SSSR count). The summed E-state index contributed by atoms with van der Waals surface area (Å²) >= 11 is 0. The van der Waals surface area contributed by atoms with Gasteiger partial charge in [0.15, 0.2) is 0 Å². The van der Waals surface area contributed by atoms with Crippen LogP contribution in [0.15, 0.2) is 65.8 Å². The number of nitrogens with zero attached hydrogens (tertiary/aromatic N) is 1. The molecule has 0 aliphatic carbocycles. The van der Waals surface area contributed by atoms with Gasteiger partial charge < -0.3 is 4.84 Å². The van der Waals surface area contributed by atoms with Crippen molar-refractivity contribution in [2.75, 3.05) is 5.75 Å². The topological polar surface area (TPSA) is 67.8 Å². The van der Waals surface area contributed by atoms with Crippen molar-refractivity contribution in [3.8, 4) is 0 Å². The van der Waals surface area contributed by atoms with Crippen molar-refractivity contribution in [2.24, 2.45) is 5.16 Å². The summed E-state index contributed by atoms with van der Waals surface area (Å²) in [6, 6.07) is 19.6. The summed E-state index contributed by atoms with van der Waals surface area (Å²) in [4.78, 5) is 5.66. The predicted octanol–water partition coefficient (Wildman–Crippen LogP) is 3.31. The maximum atomic E-state index is 12.4. The Bertz CT molecular complexity index is 852. The monoisotopic (exact) mass is 386 g/mol. The van der Waals surface area contributed by atoms with E-state index in [0.717, 1.165) is 17.7 Å². The van der Waals surface area contributed by atoms with Crippen molar-refractivity contribution < 1.29 is 13.3 Å². The van der Waals surface area contributed by atoms with E-state index >= 15 is 0 Å². The average Bonchev–Trinajstić information content (AvgIpc) is 3.11. The number of hydrogen-bond donors (Lipinski definition) is 1. The lowest BCUT2D eigenvalue weighted by Gasteiger charge is -2.23. The van der Waals surface area contributed by atoms with Crippen LogP contribution >= 0.6 is 0 Å². The minimum absolute atomic E-state index is 0.114. The van der Waals surface area contributed by atoms with Gasteiger partial charge >= 0.3 is 0 Å². The summed E-state index contributed by atoms with van der Waals surface area (Å²) in [5.41, 5.74) is 3.19. The van der Waals surface area contributed by atoms with Crippen LogP contribution < -0.4 is 4.72 Å².